The van der Waals surface area contributed by atoms with E-state index in [0.717, 1.165) is 41.4 Å². The van der Waals surface area contributed by atoms with Crippen molar-refractivity contribution in [2.75, 3.05) is 17.7 Å². The minimum atomic E-state index is -0.157. The first-order valence-corrected chi connectivity index (χ1v) is 12.8. The van der Waals surface area contributed by atoms with E-state index in [1.807, 2.05) is 42.1 Å². The van der Waals surface area contributed by atoms with Gasteiger partial charge < -0.3 is 4.90 Å². The van der Waals surface area contributed by atoms with Gasteiger partial charge in [0.1, 0.15) is 11.6 Å². The van der Waals surface area contributed by atoms with E-state index in [1.165, 1.54) is 12.8 Å². The maximum absolute atomic E-state index is 14.5. The molecule has 1 atom stereocenters. The van der Waals surface area contributed by atoms with E-state index in [1.54, 1.807) is 24.8 Å². The van der Waals surface area contributed by atoms with Gasteiger partial charge in [0, 0.05) is 11.4 Å². The Balaban J connectivity index is 1.73. The summed E-state index contributed by atoms with van der Waals surface area (Å²) in [6.45, 7) is 6.70. The van der Waals surface area contributed by atoms with Crippen LogP contribution in [0.4, 0.5) is 10.3 Å². The first-order chi connectivity index (χ1) is 15.4. The van der Waals surface area contributed by atoms with Crippen molar-refractivity contribution < 1.29 is 4.39 Å². The highest BCUT2D eigenvalue weighted by atomic mass is 35.5. The summed E-state index contributed by atoms with van der Waals surface area (Å²) in [6.07, 6.45) is 6.44. The Bertz CT molecular complexity index is 1100. The number of halogens is 2. The van der Waals surface area contributed by atoms with Gasteiger partial charge in [0.25, 0.3) is 0 Å². The van der Waals surface area contributed by atoms with Gasteiger partial charge in [-0.25, -0.2) is 9.07 Å². The zero-order valence-corrected chi connectivity index (χ0v) is 20.7. The lowest BCUT2D eigenvalue weighted by Gasteiger charge is -2.31. The van der Waals surface area contributed by atoms with Gasteiger partial charge in [-0.2, -0.15) is 4.98 Å². The molecule has 32 heavy (non-hydrogen) atoms. The number of hydrogen-bond acceptors (Lipinski definition) is 4. The largest absolute Gasteiger partial charge is 0.332 e. The standard InChI is InChI=1S/C25H30ClFN4S/c1-5-12-30(24(13-18-7-8-18)19-9-6-16(2)22(27)14-19)25-28-17(3)31(29-25)23-11-10-20(32-4)15-21(23)26/h6,9-11,14-15,18,24H,5,7-8,12-13H2,1-4H3. The Morgan fingerprint density at radius 1 is 1.22 bits per heavy atom. The van der Waals surface area contributed by atoms with Crippen LogP contribution in [0.5, 0.6) is 0 Å². The fourth-order valence-corrected chi connectivity index (χ4v) is 4.84. The predicted molar refractivity (Wildman–Crippen MR) is 132 cm³/mol. The number of rotatable bonds is 9. The molecule has 0 saturated heterocycles. The van der Waals surface area contributed by atoms with Gasteiger partial charge in [-0.15, -0.1) is 16.9 Å². The summed E-state index contributed by atoms with van der Waals surface area (Å²) in [7, 11) is 0. The molecule has 0 radical (unpaired) electrons. The maximum Gasteiger partial charge on any atom is 0.245 e. The van der Waals surface area contributed by atoms with Crippen LogP contribution < -0.4 is 4.90 Å². The quantitative estimate of drug-likeness (QED) is 0.309. The Morgan fingerprint density at radius 3 is 2.62 bits per heavy atom. The summed E-state index contributed by atoms with van der Waals surface area (Å²) in [6, 6.07) is 11.6. The van der Waals surface area contributed by atoms with Crippen LogP contribution in [0.15, 0.2) is 41.3 Å². The average Bonchev–Trinajstić information content (AvgIpc) is 3.52. The van der Waals surface area contributed by atoms with Crippen molar-refractivity contribution in [3.63, 3.8) is 0 Å². The second-order valence-corrected chi connectivity index (χ2v) is 9.87. The van der Waals surface area contributed by atoms with Gasteiger partial charge >= 0.3 is 0 Å². The third-order valence-electron chi connectivity index (χ3n) is 6.07. The van der Waals surface area contributed by atoms with E-state index in [9.17, 15) is 4.39 Å². The fraction of sp³-hybridized carbons (Fsp3) is 0.440. The fourth-order valence-electron chi connectivity index (χ4n) is 4.08. The van der Waals surface area contributed by atoms with Gasteiger partial charge in [-0.1, -0.05) is 43.5 Å². The molecule has 0 N–H and O–H groups in total. The summed E-state index contributed by atoms with van der Waals surface area (Å²) >= 11 is 8.23. The summed E-state index contributed by atoms with van der Waals surface area (Å²) in [5, 5.41) is 5.52. The molecule has 1 aliphatic rings. The minimum absolute atomic E-state index is 0.0436. The monoisotopic (exact) mass is 472 g/mol. The van der Waals surface area contributed by atoms with Crippen molar-refractivity contribution >= 4 is 29.3 Å². The van der Waals surface area contributed by atoms with Crippen LogP contribution in [0.25, 0.3) is 5.69 Å². The van der Waals surface area contributed by atoms with Crippen LogP contribution in [-0.4, -0.2) is 27.6 Å². The van der Waals surface area contributed by atoms with E-state index in [0.29, 0.717) is 22.5 Å². The SMILES string of the molecule is CCCN(c1nc(C)n(-c2ccc(SC)cc2Cl)n1)C(CC1CC1)c1ccc(C)c(F)c1. The molecule has 170 valence electrons. The van der Waals surface area contributed by atoms with Crippen molar-refractivity contribution in [2.45, 2.75) is 57.4 Å². The molecule has 1 saturated carbocycles. The van der Waals surface area contributed by atoms with Crippen LogP contribution in [0.2, 0.25) is 5.02 Å². The molecule has 0 aliphatic heterocycles. The molecule has 0 bridgehead atoms. The number of nitrogens with zero attached hydrogens (tertiary/aromatic N) is 4. The molecule has 1 fully saturated rings. The maximum atomic E-state index is 14.5. The molecule has 1 aliphatic carbocycles. The first kappa shape index (κ1) is 23.1. The highest BCUT2D eigenvalue weighted by Gasteiger charge is 2.32. The molecule has 4 rings (SSSR count). The van der Waals surface area contributed by atoms with E-state index in [4.69, 9.17) is 21.7 Å². The zero-order valence-electron chi connectivity index (χ0n) is 19.1. The molecule has 0 amide bonds. The number of hydrogen-bond donors (Lipinski definition) is 0. The number of anilines is 1. The van der Waals surface area contributed by atoms with Crippen LogP contribution in [-0.2, 0) is 0 Å². The topological polar surface area (TPSA) is 34.0 Å². The lowest BCUT2D eigenvalue weighted by molar-refractivity contribution is 0.521. The molecule has 3 aromatic rings. The Labute approximate surface area is 199 Å². The molecule has 1 unspecified atom stereocenters. The van der Waals surface area contributed by atoms with Crippen molar-refractivity contribution in [1.29, 1.82) is 0 Å². The van der Waals surface area contributed by atoms with Gasteiger partial charge in [0.15, 0.2) is 0 Å². The summed E-state index contributed by atoms with van der Waals surface area (Å²) in [5.74, 6) is 1.97. The molecule has 7 heteroatoms. The summed E-state index contributed by atoms with van der Waals surface area (Å²) in [5.41, 5.74) is 2.48. The van der Waals surface area contributed by atoms with E-state index in [-0.39, 0.29) is 11.9 Å². The molecule has 2 aromatic carbocycles. The molecule has 4 nitrogen and oxygen atoms in total. The third-order valence-corrected chi connectivity index (χ3v) is 7.10. The molecular weight excluding hydrogens is 443 g/mol. The highest BCUT2D eigenvalue weighted by molar-refractivity contribution is 7.98. The lowest BCUT2D eigenvalue weighted by atomic mass is 9.98. The van der Waals surface area contributed by atoms with Gasteiger partial charge in [0.2, 0.25) is 5.95 Å². The normalized spacial score (nSPS) is 14.6. The highest BCUT2D eigenvalue weighted by Crippen LogP contribution is 2.41. The molecular formula is C25H30ClFN4S. The van der Waals surface area contributed by atoms with Crippen molar-refractivity contribution in [3.05, 3.63) is 64.2 Å². The number of thioether (sulfide) groups is 1. The third kappa shape index (κ3) is 4.96. The summed E-state index contributed by atoms with van der Waals surface area (Å²) in [4.78, 5) is 8.18. The number of aryl methyl sites for hydroxylation is 2. The molecule has 1 aromatic heterocycles. The predicted octanol–water partition coefficient (Wildman–Crippen LogP) is 7.16. The van der Waals surface area contributed by atoms with E-state index in [2.05, 4.69) is 17.9 Å². The van der Waals surface area contributed by atoms with Crippen molar-refractivity contribution in [2.24, 2.45) is 5.92 Å². The van der Waals surface area contributed by atoms with Crippen LogP contribution in [0, 0.1) is 25.6 Å². The second kappa shape index (κ2) is 9.84. The first-order valence-electron chi connectivity index (χ1n) is 11.2. The number of aromatic nitrogens is 3. The van der Waals surface area contributed by atoms with Gasteiger partial charge in [0.05, 0.1) is 16.8 Å². The van der Waals surface area contributed by atoms with E-state index >= 15 is 0 Å². The van der Waals surface area contributed by atoms with E-state index < -0.39 is 0 Å². The Morgan fingerprint density at radius 2 is 2.00 bits per heavy atom. The minimum Gasteiger partial charge on any atom is -0.332 e. The number of benzene rings is 2. The zero-order chi connectivity index (χ0) is 22.8. The lowest BCUT2D eigenvalue weighted by Crippen LogP contribution is -2.31. The Hall–Kier alpha value is -2.05. The Kier molecular flexibility index (Phi) is 7.11. The second-order valence-electron chi connectivity index (χ2n) is 8.59. The van der Waals surface area contributed by atoms with Gasteiger partial charge in [-0.3, -0.25) is 0 Å². The van der Waals surface area contributed by atoms with Crippen molar-refractivity contribution in [1.82, 2.24) is 14.8 Å². The van der Waals surface area contributed by atoms with Gasteiger partial charge in [-0.05, 0) is 74.3 Å². The molecule has 0 spiro atoms. The van der Waals surface area contributed by atoms with Crippen molar-refractivity contribution in [3.8, 4) is 5.69 Å². The average molecular weight is 473 g/mol. The van der Waals surface area contributed by atoms with Crippen LogP contribution >= 0.6 is 23.4 Å². The van der Waals surface area contributed by atoms with Crippen LogP contribution in [0.1, 0.15) is 55.6 Å². The molecule has 1 heterocycles. The van der Waals surface area contributed by atoms with Crippen LogP contribution in [0.3, 0.4) is 0 Å². The summed E-state index contributed by atoms with van der Waals surface area (Å²) < 4.78 is 16.3. The smallest absolute Gasteiger partial charge is 0.245 e.